The Morgan fingerprint density at radius 2 is 2.00 bits per heavy atom. The van der Waals surface area contributed by atoms with Crippen LogP contribution in [0.3, 0.4) is 0 Å². The van der Waals surface area contributed by atoms with Crippen molar-refractivity contribution in [1.29, 1.82) is 0 Å². The van der Waals surface area contributed by atoms with Crippen LogP contribution in [0, 0.1) is 0 Å². The number of carbonyl (C=O) groups excluding carboxylic acids is 2. The molecule has 1 atom stereocenters. The van der Waals surface area contributed by atoms with E-state index >= 15 is 0 Å². The van der Waals surface area contributed by atoms with E-state index in [4.69, 9.17) is 0 Å². The fraction of sp³-hybridized carbons (Fsp3) is 0.545. The summed E-state index contributed by atoms with van der Waals surface area (Å²) in [5.41, 5.74) is 1.13. The van der Waals surface area contributed by atoms with Gasteiger partial charge in [0.25, 0.3) is 0 Å². The maximum atomic E-state index is 11.3. The summed E-state index contributed by atoms with van der Waals surface area (Å²) in [4.78, 5) is 22.2. The Labute approximate surface area is 89.2 Å². The third-order valence-corrected chi connectivity index (χ3v) is 2.39. The van der Waals surface area contributed by atoms with Crippen molar-refractivity contribution in [1.82, 2.24) is 0 Å². The Morgan fingerprint density at radius 3 is 2.33 bits per heavy atom. The van der Waals surface area contributed by atoms with Crippen LogP contribution in [-0.2, 0) is 14.3 Å². The van der Waals surface area contributed by atoms with Gasteiger partial charge in [0, 0.05) is 12.0 Å². The number of Topliss-reactive ketones (excluding diaryl/α,β-unsaturated/α-hetero) is 1. The molecule has 0 rings (SSSR count). The molecule has 0 radical (unpaired) electrons. The molecule has 4 nitrogen and oxygen atoms in total. The smallest absolute Gasteiger partial charge is 0.305 e. The Hall–Kier alpha value is -1.38. The number of hydrogen-bond acceptors (Lipinski definition) is 4. The van der Waals surface area contributed by atoms with Gasteiger partial charge in [-0.3, -0.25) is 9.59 Å². The van der Waals surface area contributed by atoms with Gasteiger partial charge in [0.15, 0.2) is 11.4 Å². The molecule has 0 aliphatic rings. The Morgan fingerprint density at radius 1 is 1.47 bits per heavy atom. The van der Waals surface area contributed by atoms with E-state index in [0.29, 0.717) is 5.57 Å². The molecule has 0 heterocycles. The second kappa shape index (κ2) is 5.49. The summed E-state index contributed by atoms with van der Waals surface area (Å²) in [5, 5.41) is 10.0. The van der Waals surface area contributed by atoms with Crippen LogP contribution in [0.5, 0.6) is 0 Å². The second-order valence-corrected chi connectivity index (χ2v) is 3.29. The molecular formula is C11H16O4. The van der Waals surface area contributed by atoms with Gasteiger partial charge in [-0.1, -0.05) is 6.58 Å². The van der Waals surface area contributed by atoms with E-state index < -0.39 is 17.4 Å². The first-order chi connectivity index (χ1) is 6.88. The molecule has 84 valence electrons. The Kier molecular flexibility index (Phi) is 4.98. The molecule has 0 saturated carbocycles. The topological polar surface area (TPSA) is 63.6 Å². The van der Waals surface area contributed by atoms with Gasteiger partial charge < -0.3 is 9.84 Å². The van der Waals surface area contributed by atoms with Gasteiger partial charge in [0.2, 0.25) is 0 Å². The maximum absolute atomic E-state index is 11.3. The van der Waals surface area contributed by atoms with Crippen molar-refractivity contribution >= 4 is 11.8 Å². The predicted molar refractivity (Wildman–Crippen MR) is 55.2 cm³/mol. The molecule has 15 heavy (non-hydrogen) atoms. The molecule has 1 unspecified atom stereocenters. The van der Waals surface area contributed by atoms with Gasteiger partial charge in [-0.25, -0.2) is 0 Å². The van der Waals surface area contributed by atoms with E-state index in [1.807, 2.05) is 0 Å². The predicted octanol–water partition coefficient (Wildman–Crippen LogP) is 0.991. The second-order valence-electron chi connectivity index (χ2n) is 3.29. The number of hydrogen-bond donors (Lipinski definition) is 1. The number of ether oxygens (including phenoxy) is 1. The van der Waals surface area contributed by atoms with Crippen LogP contribution in [0.15, 0.2) is 17.9 Å². The highest BCUT2D eigenvalue weighted by atomic mass is 16.5. The lowest BCUT2D eigenvalue weighted by Gasteiger charge is -2.24. The lowest BCUT2D eigenvalue weighted by Crippen LogP contribution is -2.38. The summed E-state index contributed by atoms with van der Waals surface area (Å²) in [5.74, 6) is -0.897. The zero-order valence-corrected chi connectivity index (χ0v) is 9.29. The van der Waals surface area contributed by atoms with E-state index in [1.54, 1.807) is 6.92 Å². The van der Waals surface area contributed by atoms with Crippen molar-refractivity contribution in [3.63, 3.8) is 0 Å². The lowest BCUT2D eigenvalue weighted by atomic mass is 9.87. The first-order valence-electron chi connectivity index (χ1n) is 4.55. The minimum Gasteiger partial charge on any atom is -0.469 e. The van der Waals surface area contributed by atoms with E-state index in [-0.39, 0.29) is 12.8 Å². The van der Waals surface area contributed by atoms with Crippen molar-refractivity contribution in [3.05, 3.63) is 17.9 Å². The molecule has 0 bridgehead atoms. The summed E-state index contributed by atoms with van der Waals surface area (Å²) in [6.45, 7) is 6.18. The third-order valence-electron chi connectivity index (χ3n) is 2.39. The van der Waals surface area contributed by atoms with Crippen LogP contribution in [0.25, 0.3) is 0 Å². The molecule has 0 aromatic rings. The Bertz CT molecular complexity index is 313. The number of esters is 1. The minimum atomic E-state index is -1.66. The number of carbonyl (C=O) groups is 2. The van der Waals surface area contributed by atoms with Crippen LogP contribution in [0.2, 0.25) is 0 Å². The number of ketones is 1. The zero-order valence-electron chi connectivity index (χ0n) is 9.29. The third kappa shape index (κ3) is 3.35. The van der Waals surface area contributed by atoms with Gasteiger partial charge in [-0.2, -0.15) is 0 Å². The Balaban J connectivity index is 4.76. The highest BCUT2D eigenvalue weighted by molar-refractivity contribution is 5.88. The number of methoxy groups -OCH3 is 1. The van der Waals surface area contributed by atoms with E-state index in [1.165, 1.54) is 14.0 Å². The van der Waals surface area contributed by atoms with Crippen molar-refractivity contribution in [2.45, 2.75) is 32.3 Å². The fourth-order valence-corrected chi connectivity index (χ4v) is 1.16. The van der Waals surface area contributed by atoms with Crippen LogP contribution in [-0.4, -0.2) is 29.6 Å². The van der Waals surface area contributed by atoms with E-state index in [9.17, 15) is 14.7 Å². The van der Waals surface area contributed by atoms with Crippen molar-refractivity contribution in [2.24, 2.45) is 0 Å². The molecule has 0 amide bonds. The van der Waals surface area contributed by atoms with E-state index in [2.05, 4.69) is 17.0 Å². The summed E-state index contributed by atoms with van der Waals surface area (Å²) < 4.78 is 4.43. The van der Waals surface area contributed by atoms with Crippen LogP contribution < -0.4 is 0 Å². The van der Waals surface area contributed by atoms with Gasteiger partial charge >= 0.3 is 5.97 Å². The molecule has 0 saturated heterocycles. The SMILES string of the molecule is C=C=C(C)C(O)(CCC(=O)OC)C(C)=O. The lowest BCUT2D eigenvalue weighted by molar-refractivity contribution is -0.143. The first-order valence-corrected chi connectivity index (χ1v) is 4.55. The summed E-state index contributed by atoms with van der Waals surface area (Å²) in [6.07, 6.45) is -0.0328. The molecule has 0 aliphatic carbocycles. The van der Waals surface area contributed by atoms with Gasteiger partial charge in [-0.15, -0.1) is 5.73 Å². The fourth-order valence-electron chi connectivity index (χ4n) is 1.16. The van der Waals surface area contributed by atoms with E-state index in [0.717, 1.165) is 0 Å². The van der Waals surface area contributed by atoms with Crippen molar-refractivity contribution < 1.29 is 19.4 Å². The first kappa shape index (κ1) is 13.6. The minimum absolute atomic E-state index is 0.0106. The largest absolute Gasteiger partial charge is 0.469 e. The van der Waals surface area contributed by atoms with Crippen molar-refractivity contribution in [2.75, 3.05) is 7.11 Å². The van der Waals surface area contributed by atoms with Crippen LogP contribution in [0.4, 0.5) is 0 Å². The zero-order chi connectivity index (χ0) is 12.1. The average Bonchev–Trinajstić information content (AvgIpc) is 2.23. The molecule has 0 fully saturated rings. The van der Waals surface area contributed by atoms with Gasteiger partial charge in [0.1, 0.15) is 0 Å². The summed E-state index contributed by atoms with van der Waals surface area (Å²) >= 11 is 0. The van der Waals surface area contributed by atoms with Crippen LogP contribution >= 0.6 is 0 Å². The normalized spacial score (nSPS) is 13.6. The summed E-state index contributed by atoms with van der Waals surface area (Å²) in [6, 6.07) is 0. The molecule has 1 N–H and O–H groups in total. The standard InChI is InChI=1S/C11H16O4/c1-5-8(2)11(14,9(3)12)7-6-10(13)15-4/h14H,1,6-7H2,2-4H3. The van der Waals surface area contributed by atoms with Gasteiger partial charge in [0.05, 0.1) is 7.11 Å². The number of rotatable bonds is 5. The van der Waals surface area contributed by atoms with Gasteiger partial charge in [-0.05, 0) is 20.3 Å². The molecule has 0 aromatic carbocycles. The molecule has 0 aliphatic heterocycles. The highest BCUT2D eigenvalue weighted by Gasteiger charge is 2.34. The number of aliphatic hydroxyl groups is 1. The molecule has 0 spiro atoms. The van der Waals surface area contributed by atoms with Crippen molar-refractivity contribution in [3.8, 4) is 0 Å². The molecule has 4 heteroatoms. The molecular weight excluding hydrogens is 196 g/mol. The monoisotopic (exact) mass is 212 g/mol. The molecule has 0 aromatic heterocycles. The quantitative estimate of drug-likeness (QED) is 0.545. The highest BCUT2D eigenvalue weighted by Crippen LogP contribution is 2.23. The summed E-state index contributed by atoms with van der Waals surface area (Å²) in [7, 11) is 1.26. The average molecular weight is 212 g/mol. The maximum Gasteiger partial charge on any atom is 0.305 e. The van der Waals surface area contributed by atoms with Crippen LogP contribution in [0.1, 0.15) is 26.7 Å².